The Morgan fingerprint density at radius 1 is 1.16 bits per heavy atom. The molecule has 1 aromatic heterocycles. The minimum absolute atomic E-state index is 0.00190. The van der Waals surface area contributed by atoms with Crippen LogP contribution in [0, 0.1) is 0 Å². The van der Waals surface area contributed by atoms with Gasteiger partial charge in [0.15, 0.2) is 0 Å². The van der Waals surface area contributed by atoms with Crippen molar-refractivity contribution < 1.29 is 26.7 Å². The summed E-state index contributed by atoms with van der Waals surface area (Å²) in [5.41, 5.74) is -1.06. The van der Waals surface area contributed by atoms with Crippen molar-refractivity contribution in [2.75, 3.05) is 13.1 Å². The molecule has 4 rings (SSSR count). The molecule has 3 heterocycles. The number of ether oxygens (including phenoxy) is 1. The number of likely N-dealkylation sites (tertiary alicyclic amines) is 1. The Labute approximate surface area is 180 Å². The first-order valence-electron chi connectivity index (χ1n) is 10.2. The maximum absolute atomic E-state index is 13.6. The molecular weight excluding hydrogens is 428 g/mol. The van der Waals surface area contributed by atoms with Crippen LogP contribution < -0.4 is 0 Å². The molecule has 0 spiro atoms. The second-order valence-corrected chi connectivity index (χ2v) is 10.7. The lowest BCUT2D eigenvalue weighted by Gasteiger charge is -2.28. The van der Waals surface area contributed by atoms with Crippen LogP contribution in [0.25, 0.3) is 10.8 Å². The average Bonchev–Trinajstić information content (AvgIpc) is 3.27. The molecule has 2 aliphatic rings. The van der Waals surface area contributed by atoms with Crippen molar-refractivity contribution in [3.8, 4) is 0 Å². The van der Waals surface area contributed by atoms with E-state index < -0.39 is 39.7 Å². The second-order valence-electron chi connectivity index (χ2n) is 8.89. The van der Waals surface area contributed by atoms with Gasteiger partial charge in [-0.3, -0.25) is 4.98 Å². The zero-order chi connectivity index (χ0) is 22.6. The van der Waals surface area contributed by atoms with Crippen LogP contribution >= 0.6 is 0 Å². The molecule has 168 valence electrons. The van der Waals surface area contributed by atoms with Crippen molar-refractivity contribution in [3.63, 3.8) is 0 Å². The van der Waals surface area contributed by atoms with Crippen molar-refractivity contribution in [2.45, 2.75) is 62.6 Å². The predicted octanol–water partition coefficient (Wildman–Crippen LogP) is 3.94. The van der Waals surface area contributed by atoms with Gasteiger partial charge in [0.25, 0.3) is 6.43 Å². The summed E-state index contributed by atoms with van der Waals surface area (Å²) < 4.78 is 61.3. The molecule has 0 saturated carbocycles. The van der Waals surface area contributed by atoms with Gasteiger partial charge in [0, 0.05) is 47.9 Å². The van der Waals surface area contributed by atoms with Gasteiger partial charge in [-0.2, -0.15) is 4.31 Å². The summed E-state index contributed by atoms with van der Waals surface area (Å²) in [6.07, 6.45) is 0.0169. The van der Waals surface area contributed by atoms with Crippen molar-refractivity contribution >= 4 is 26.9 Å². The Hall–Kier alpha value is -2.33. The van der Waals surface area contributed by atoms with Gasteiger partial charge in [-0.25, -0.2) is 22.0 Å². The molecule has 2 saturated heterocycles. The highest BCUT2D eigenvalue weighted by Gasteiger charge is 2.50. The van der Waals surface area contributed by atoms with Crippen LogP contribution in [-0.2, 0) is 14.8 Å². The largest absolute Gasteiger partial charge is 0.444 e. The van der Waals surface area contributed by atoms with Crippen LogP contribution in [0.1, 0.15) is 45.6 Å². The summed E-state index contributed by atoms with van der Waals surface area (Å²) in [6, 6.07) is 3.75. The number of hydrogen-bond donors (Lipinski definition) is 0. The fourth-order valence-electron chi connectivity index (χ4n) is 4.53. The molecule has 2 aromatic rings. The highest BCUT2D eigenvalue weighted by atomic mass is 32.2. The lowest BCUT2D eigenvalue weighted by atomic mass is 10.1. The van der Waals surface area contributed by atoms with Crippen LogP contribution in [0.4, 0.5) is 13.6 Å². The molecule has 0 aliphatic carbocycles. The highest BCUT2D eigenvalue weighted by molar-refractivity contribution is 7.89. The van der Waals surface area contributed by atoms with Gasteiger partial charge >= 0.3 is 6.09 Å². The Morgan fingerprint density at radius 2 is 1.87 bits per heavy atom. The molecule has 10 heteroatoms. The van der Waals surface area contributed by atoms with E-state index in [-0.39, 0.29) is 22.9 Å². The third kappa shape index (κ3) is 3.87. The van der Waals surface area contributed by atoms with Crippen molar-refractivity contribution in [2.24, 2.45) is 0 Å². The van der Waals surface area contributed by atoms with Crippen LogP contribution in [0.15, 0.2) is 35.5 Å². The number of rotatable bonds is 3. The molecule has 0 bridgehead atoms. The van der Waals surface area contributed by atoms with E-state index in [1.807, 2.05) is 0 Å². The van der Waals surface area contributed by atoms with Gasteiger partial charge in [-0.15, -0.1) is 0 Å². The number of pyridine rings is 1. The SMILES string of the molecule is CC(C)(C)OC(=O)N1CC[C@H]2[C@@H]1CCN2S(=O)(=O)c1cccc2cncc(C(F)F)c12. The number of sulfonamides is 1. The van der Waals surface area contributed by atoms with Gasteiger partial charge in [-0.1, -0.05) is 12.1 Å². The first kappa shape index (κ1) is 21.9. The molecule has 7 nitrogen and oxygen atoms in total. The number of halogens is 2. The molecular formula is C21H25F2N3O4S. The highest BCUT2D eigenvalue weighted by Crippen LogP contribution is 2.39. The number of fused-ring (bicyclic) bond motifs is 2. The number of benzene rings is 1. The minimum Gasteiger partial charge on any atom is -0.444 e. The van der Waals surface area contributed by atoms with Crippen LogP contribution in [0.3, 0.4) is 0 Å². The number of amides is 1. The van der Waals surface area contributed by atoms with Crippen LogP contribution in [0.5, 0.6) is 0 Å². The van der Waals surface area contributed by atoms with E-state index >= 15 is 0 Å². The molecule has 0 unspecified atom stereocenters. The number of hydrogen-bond acceptors (Lipinski definition) is 5. The van der Waals surface area contributed by atoms with E-state index in [0.29, 0.717) is 24.8 Å². The molecule has 0 radical (unpaired) electrons. The summed E-state index contributed by atoms with van der Waals surface area (Å²) in [6.45, 7) is 5.93. The second kappa shape index (κ2) is 7.67. The lowest BCUT2D eigenvalue weighted by molar-refractivity contribution is 0.0225. The zero-order valence-electron chi connectivity index (χ0n) is 17.6. The van der Waals surface area contributed by atoms with E-state index in [2.05, 4.69) is 4.98 Å². The van der Waals surface area contributed by atoms with Crippen LogP contribution in [-0.4, -0.2) is 59.5 Å². The normalized spacial score (nSPS) is 22.3. The monoisotopic (exact) mass is 453 g/mol. The van der Waals surface area contributed by atoms with Gasteiger partial charge in [-0.05, 0) is 39.7 Å². The molecule has 0 N–H and O–H groups in total. The Bertz CT molecular complexity index is 1110. The smallest absolute Gasteiger partial charge is 0.410 e. The van der Waals surface area contributed by atoms with Crippen LogP contribution in [0.2, 0.25) is 0 Å². The minimum atomic E-state index is -4.07. The Balaban J connectivity index is 1.68. The molecule has 1 aromatic carbocycles. The quantitative estimate of drug-likeness (QED) is 0.703. The van der Waals surface area contributed by atoms with Crippen molar-refractivity contribution in [3.05, 3.63) is 36.2 Å². The summed E-state index contributed by atoms with van der Waals surface area (Å²) in [5.74, 6) is 0. The third-order valence-electron chi connectivity index (χ3n) is 5.75. The number of nitrogens with zero attached hydrogens (tertiary/aromatic N) is 3. The summed E-state index contributed by atoms with van der Waals surface area (Å²) >= 11 is 0. The molecule has 2 atom stereocenters. The maximum Gasteiger partial charge on any atom is 0.410 e. The maximum atomic E-state index is 13.6. The third-order valence-corrected chi connectivity index (χ3v) is 7.72. The van der Waals surface area contributed by atoms with Crippen molar-refractivity contribution in [1.29, 1.82) is 0 Å². The number of alkyl halides is 2. The standard InChI is InChI=1S/C21H25F2N3O4S/c1-21(2,3)30-20(27)25-9-7-16-15(25)8-10-26(16)31(28,29)17-6-4-5-13-11-24-12-14(18(13)17)19(22)23/h4-6,11-12,15-16,19H,7-10H2,1-3H3/t15-,16-/m0/s1. The van der Waals surface area contributed by atoms with E-state index in [1.165, 1.54) is 22.6 Å². The Morgan fingerprint density at radius 3 is 2.55 bits per heavy atom. The summed E-state index contributed by atoms with van der Waals surface area (Å²) in [5, 5.41) is 0.342. The Kier molecular flexibility index (Phi) is 5.41. The van der Waals surface area contributed by atoms with Gasteiger partial charge in [0.1, 0.15) is 5.60 Å². The first-order valence-corrected chi connectivity index (χ1v) is 11.6. The fourth-order valence-corrected chi connectivity index (χ4v) is 6.47. The van der Waals surface area contributed by atoms with Gasteiger partial charge < -0.3 is 9.64 Å². The zero-order valence-corrected chi connectivity index (χ0v) is 18.4. The van der Waals surface area contributed by atoms with Gasteiger partial charge in [0.2, 0.25) is 10.0 Å². The van der Waals surface area contributed by atoms with E-state index in [9.17, 15) is 22.0 Å². The predicted molar refractivity (Wildman–Crippen MR) is 110 cm³/mol. The summed E-state index contributed by atoms with van der Waals surface area (Å²) in [7, 11) is -4.07. The molecule has 31 heavy (non-hydrogen) atoms. The van der Waals surface area contributed by atoms with E-state index in [0.717, 1.165) is 6.20 Å². The topological polar surface area (TPSA) is 79.8 Å². The molecule has 2 fully saturated rings. The van der Waals surface area contributed by atoms with E-state index in [1.54, 1.807) is 31.7 Å². The summed E-state index contributed by atoms with van der Waals surface area (Å²) in [4.78, 5) is 17.8. The van der Waals surface area contributed by atoms with Crippen molar-refractivity contribution in [1.82, 2.24) is 14.2 Å². The number of carbonyl (C=O) groups excluding carboxylic acids is 1. The molecule has 2 aliphatic heterocycles. The lowest BCUT2D eigenvalue weighted by Crippen LogP contribution is -2.43. The number of aromatic nitrogens is 1. The first-order chi connectivity index (χ1) is 14.5. The van der Waals surface area contributed by atoms with Gasteiger partial charge in [0.05, 0.1) is 10.9 Å². The van der Waals surface area contributed by atoms with E-state index in [4.69, 9.17) is 4.74 Å². The number of carbonyl (C=O) groups is 1. The molecule has 1 amide bonds. The fraction of sp³-hybridized carbons (Fsp3) is 0.524. The average molecular weight is 454 g/mol.